The summed E-state index contributed by atoms with van der Waals surface area (Å²) in [5, 5.41) is 13.3. The summed E-state index contributed by atoms with van der Waals surface area (Å²) in [6, 6.07) is 22.7. The Morgan fingerprint density at radius 1 is 0.906 bits per heavy atom. The van der Waals surface area contributed by atoms with E-state index in [9.17, 15) is 5.11 Å². The van der Waals surface area contributed by atoms with Crippen LogP contribution in [-0.2, 0) is 13.0 Å². The van der Waals surface area contributed by atoms with Crippen LogP contribution in [0.2, 0.25) is 5.02 Å². The van der Waals surface area contributed by atoms with E-state index in [2.05, 4.69) is 20.3 Å². The minimum atomic E-state index is -0.162. The molecule has 3 aromatic carbocycles. The van der Waals surface area contributed by atoms with Gasteiger partial charge in [0.15, 0.2) is 5.82 Å². The topological polar surface area (TPSA) is 106 Å². The molecule has 1 heterocycles. The highest BCUT2D eigenvalue weighted by Crippen LogP contribution is 2.26. The number of aliphatic hydroxyl groups excluding tert-OH is 1. The summed E-state index contributed by atoms with van der Waals surface area (Å²) >= 11 is 6.10. The highest BCUT2D eigenvalue weighted by atomic mass is 35.5. The number of para-hydroxylation sites is 1. The minimum absolute atomic E-state index is 0.0868. The lowest BCUT2D eigenvalue weighted by molar-refractivity contribution is 0.282. The maximum absolute atomic E-state index is 9.61. The van der Waals surface area contributed by atoms with E-state index >= 15 is 0 Å². The number of benzene rings is 3. The fourth-order valence-corrected chi connectivity index (χ4v) is 3.33. The number of aromatic nitrogens is 3. The first-order valence-corrected chi connectivity index (χ1v) is 10.5. The fraction of sp³-hybridized carbons (Fsp3) is 0.125. The van der Waals surface area contributed by atoms with Gasteiger partial charge in [0.05, 0.1) is 6.61 Å². The molecule has 0 saturated heterocycles. The van der Waals surface area contributed by atoms with Gasteiger partial charge in [-0.1, -0.05) is 48.0 Å². The Morgan fingerprint density at radius 2 is 1.66 bits per heavy atom. The summed E-state index contributed by atoms with van der Waals surface area (Å²) in [5.41, 5.74) is 8.29. The molecule has 162 valence electrons. The minimum Gasteiger partial charge on any atom is -0.457 e. The number of rotatable bonds is 8. The first kappa shape index (κ1) is 21.5. The van der Waals surface area contributed by atoms with E-state index < -0.39 is 0 Å². The molecule has 4 N–H and O–H groups in total. The van der Waals surface area contributed by atoms with Crippen LogP contribution in [0, 0.1) is 0 Å². The normalized spacial score (nSPS) is 10.7. The van der Waals surface area contributed by atoms with Gasteiger partial charge >= 0.3 is 0 Å². The van der Waals surface area contributed by atoms with Crippen molar-refractivity contribution in [3.8, 4) is 22.9 Å². The van der Waals surface area contributed by atoms with E-state index in [-0.39, 0.29) is 12.6 Å². The highest BCUT2D eigenvalue weighted by molar-refractivity contribution is 6.30. The van der Waals surface area contributed by atoms with E-state index in [1.807, 2.05) is 54.6 Å². The SMILES string of the molecule is Nc1nc(NCCc2ccc(Oc3ccccc3)cc2)nc(-c2cc(Cl)ccc2CO)n1. The van der Waals surface area contributed by atoms with Gasteiger partial charge in [-0.2, -0.15) is 15.0 Å². The molecule has 0 atom stereocenters. The van der Waals surface area contributed by atoms with Crippen LogP contribution in [0.5, 0.6) is 11.5 Å². The van der Waals surface area contributed by atoms with Crippen LogP contribution in [0.1, 0.15) is 11.1 Å². The molecular formula is C24H22ClN5O2. The van der Waals surface area contributed by atoms with Crippen molar-refractivity contribution in [3.05, 3.63) is 88.9 Å². The summed E-state index contributed by atoms with van der Waals surface area (Å²) < 4.78 is 5.82. The van der Waals surface area contributed by atoms with Crippen LogP contribution in [0.4, 0.5) is 11.9 Å². The number of nitrogens with one attached hydrogen (secondary N) is 1. The van der Waals surface area contributed by atoms with Gasteiger partial charge in [0, 0.05) is 17.1 Å². The molecule has 0 aliphatic heterocycles. The van der Waals surface area contributed by atoms with Gasteiger partial charge in [-0.3, -0.25) is 0 Å². The average Bonchev–Trinajstić information content (AvgIpc) is 2.80. The Morgan fingerprint density at radius 3 is 2.41 bits per heavy atom. The standard InChI is InChI=1S/C24H22ClN5O2/c25-18-9-8-17(15-31)21(14-18)22-28-23(26)30-24(29-22)27-13-12-16-6-10-20(11-7-16)32-19-4-2-1-3-5-19/h1-11,14,31H,12-13,15H2,(H3,26,27,28,29,30). The maximum Gasteiger partial charge on any atom is 0.228 e. The Bertz CT molecular complexity index is 1190. The van der Waals surface area contributed by atoms with Gasteiger partial charge in [0.1, 0.15) is 11.5 Å². The molecule has 0 amide bonds. The summed E-state index contributed by atoms with van der Waals surface area (Å²) in [4.78, 5) is 12.8. The predicted molar refractivity (Wildman–Crippen MR) is 126 cm³/mol. The van der Waals surface area contributed by atoms with Gasteiger partial charge in [-0.25, -0.2) is 0 Å². The lowest BCUT2D eigenvalue weighted by Gasteiger charge is -2.10. The largest absolute Gasteiger partial charge is 0.457 e. The molecule has 0 spiro atoms. The molecule has 0 aliphatic carbocycles. The molecule has 1 aromatic heterocycles. The molecule has 7 nitrogen and oxygen atoms in total. The van der Waals surface area contributed by atoms with E-state index in [1.165, 1.54) is 0 Å². The number of nitrogens with two attached hydrogens (primary N) is 1. The Kier molecular flexibility index (Phi) is 6.79. The van der Waals surface area contributed by atoms with E-state index in [1.54, 1.807) is 18.2 Å². The second-order valence-corrected chi connectivity index (χ2v) is 7.47. The third-order valence-corrected chi connectivity index (χ3v) is 4.97. The van der Waals surface area contributed by atoms with Gasteiger partial charge in [0.25, 0.3) is 0 Å². The van der Waals surface area contributed by atoms with Crippen LogP contribution in [0.25, 0.3) is 11.4 Å². The van der Waals surface area contributed by atoms with E-state index in [0.29, 0.717) is 34.5 Å². The fourth-order valence-electron chi connectivity index (χ4n) is 3.15. The average molecular weight is 448 g/mol. The Hall–Kier alpha value is -3.68. The quantitative estimate of drug-likeness (QED) is 0.359. The van der Waals surface area contributed by atoms with Crippen LogP contribution in [0.3, 0.4) is 0 Å². The number of anilines is 2. The van der Waals surface area contributed by atoms with Gasteiger partial charge < -0.3 is 20.9 Å². The van der Waals surface area contributed by atoms with Crippen molar-refractivity contribution in [1.29, 1.82) is 0 Å². The first-order chi connectivity index (χ1) is 15.6. The molecule has 0 saturated carbocycles. The molecule has 4 aromatic rings. The lowest BCUT2D eigenvalue weighted by atomic mass is 10.1. The number of hydrogen-bond donors (Lipinski definition) is 3. The van der Waals surface area contributed by atoms with E-state index in [0.717, 1.165) is 23.5 Å². The van der Waals surface area contributed by atoms with E-state index in [4.69, 9.17) is 22.1 Å². The first-order valence-electron chi connectivity index (χ1n) is 10.1. The zero-order chi connectivity index (χ0) is 22.3. The second-order valence-electron chi connectivity index (χ2n) is 7.04. The van der Waals surface area contributed by atoms with Crippen molar-refractivity contribution in [1.82, 2.24) is 15.0 Å². The number of ether oxygens (including phenoxy) is 1. The summed E-state index contributed by atoms with van der Waals surface area (Å²) in [6.45, 7) is 0.440. The molecule has 0 fully saturated rings. The molecule has 0 bridgehead atoms. The molecule has 0 aliphatic rings. The molecule has 32 heavy (non-hydrogen) atoms. The van der Waals surface area contributed by atoms with Crippen molar-refractivity contribution >= 4 is 23.5 Å². The zero-order valence-electron chi connectivity index (χ0n) is 17.2. The number of hydrogen-bond acceptors (Lipinski definition) is 7. The summed E-state index contributed by atoms with van der Waals surface area (Å²) in [5.74, 6) is 2.39. The van der Waals surface area contributed by atoms with Gasteiger partial charge in [-0.15, -0.1) is 0 Å². The predicted octanol–water partition coefficient (Wildman–Crippen LogP) is 4.71. The van der Waals surface area contributed by atoms with Crippen molar-refractivity contribution in [2.45, 2.75) is 13.0 Å². The zero-order valence-corrected chi connectivity index (χ0v) is 18.0. The molecule has 8 heteroatoms. The van der Waals surface area contributed by atoms with Crippen LogP contribution in [-0.4, -0.2) is 26.6 Å². The Balaban J connectivity index is 1.40. The molecular weight excluding hydrogens is 426 g/mol. The van der Waals surface area contributed by atoms with Crippen LogP contribution < -0.4 is 15.8 Å². The maximum atomic E-state index is 9.61. The number of halogens is 1. The monoisotopic (exact) mass is 447 g/mol. The van der Waals surface area contributed by atoms with Gasteiger partial charge in [-0.05, 0) is 53.9 Å². The third kappa shape index (κ3) is 5.51. The van der Waals surface area contributed by atoms with Crippen molar-refractivity contribution in [3.63, 3.8) is 0 Å². The lowest BCUT2D eigenvalue weighted by Crippen LogP contribution is -2.11. The molecule has 4 rings (SSSR count). The summed E-state index contributed by atoms with van der Waals surface area (Å²) in [6.07, 6.45) is 0.756. The summed E-state index contributed by atoms with van der Waals surface area (Å²) in [7, 11) is 0. The van der Waals surface area contributed by atoms with Crippen molar-refractivity contribution in [2.75, 3.05) is 17.6 Å². The van der Waals surface area contributed by atoms with Crippen molar-refractivity contribution in [2.24, 2.45) is 0 Å². The number of nitrogen functional groups attached to an aromatic ring is 1. The smallest absolute Gasteiger partial charge is 0.228 e. The second kappa shape index (κ2) is 10.1. The highest BCUT2D eigenvalue weighted by Gasteiger charge is 2.12. The molecule has 0 unspecified atom stereocenters. The van der Waals surface area contributed by atoms with Crippen LogP contribution in [0.15, 0.2) is 72.8 Å². The van der Waals surface area contributed by atoms with Crippen molar-refractivity contribution < 1.29 is 9.84 Å². The van der Waals surface area contributed by atoms with Gasteiger partial charge in [0.2, 0.25) is 11.9 Å². The number of nitrogens with zero attached hydrogens (tertiary/aromatic N) is 3. The third-order valence-electron chi connectivity index (χ3n) is 4.73. The van der Waals surface area contributed by atoms with Crippen LogP contribution >= 0.6 is 11.6 Å². The Labute approximate surface area is 190 Å². The molecule has 0 radical (unpaired) electrons. The number of aliphatic hydroxyl groups is 1.